The summed E-state index contributed by atoms with van der Waals surface area (Å²) < 4.78 is 0. The van der Waals surface area contributed by atoms with Gasteiger partial charge in [-0.05, 0) is 30.5 Å². The van der Waals surface area contributed by atoms with E-state index in [1.807, 2.05) is 0 Å². The molecule has 0 aliphatic rings. The van der Waals surface area contributed by atoms with Gasteiger partial charge in [0, 0.05) is 6.04 Å². The molecule has 1 rings (SSSR count). The normalized spacial score (nSPS) is 12.8. The lowest BCUT2D eigenvalue weighted by molar-refractivity contribution is 0.265. The number of phenols is 2. The fourth-order valence-corrected chi connectivity index (χ4v) is 1.32. The molecule has 4 nitrogen and oxygen atoms in total. The Bertz CT molecular complexity index is 302. The predicted octanol–water partition coefficient (Wildman–Crippen LogP) is 0.268. The SMILES string of the molecule is Cc1cc(CC(N)CO)cc(O)c1O. The Labute approximate surface area is 82.6 Å². The van der Waals surface area contributed by atoms with Crippen molar-refractivity contribution in [3.63, 3.8) is 0 Å². The molecule has 1 aromatic carbocycles. The van der Waals surface area contributed by atoms with E-state index in [4.69, 9.17) is 10.8 Å². The maximum absolute atomic E-state index is 9.31. The number of benzene rings is 1. The van der Waals surface area contributed by atoms with Gasteiger partial charge in [-0.15, -0.1) is 0 Å². The van der Waals surface area contributed by atoms with Crippen molar-refractivity contribution < 1.29 is 15.3 Å². The Morgan fingerprint density at radius 1 is 1.36 bits per heavy atom. The summed E-state index contributed by atoms with van der Waals surface area (Å²) in [5.41, 5.74) is 6.96. The highest BCUT2D eigenvalue weighted by molar-refractivity contribution is 5.46. The molecule has 0 saturated heterocycles. The minimum absolute atomic E-state index is 0.0965. The Morgan fingerprint density at radius 2 is 2.00 bits per heavy atom. The molecule has 1 unspecified atom stereocenters. The van der Waals surface area contributed by atoms with Gasteiger partial charge in [-0.3, -0.25) is 0 Å². The third kappa shape index (κ3) is 2.37. The molecule has 0 aliphatic carbocycles. The second kappa shape index (κ2) is 4.30. The van der Waals surface area contributed by atoms with Crippen LogP contribution in [0.3, 0.4) is 0 Å². The molecule has 5 N–H and O–H groups in total. The molecule has 0 fully saturated rings. The first-order valence-corrected chi connectivity index (χ1v) is 4.42. The smallest absolute Gasteiger partial charge is 0.160 e. The van der Waals surface area contributed by atoms with Crippen molar-refractivity contribution in [2.24, 2.45) is 5.73 Å². The zero-order valence-electron chi connectivity index (χ0n) is 8.07. The summed E-state index contributed by atoms with van der Waals surface area (Å²) in [5, 5.41) is 27.4. The first-order chi connectivity index (χ1) is 6.54. The van der Waals surface area contributed by atoms with Gasteiger partial charge in [0.15, 0.2) is 11.5 Å². The van der Waals surface area contributed by atoms with Crippen LogP contribution in [0.15, 0.2) is 12.1 Å². The standard InChI is InChI=1S/C10H15NO3/c1-6-2-7(3-8(11)5-12)4-9(13)10(6)14/h2,4,8,12-14H,3,5,11H2,1H3. The summed E-state index contributed by atoms with van der Waals surface area (Å²) in [6, 6.07) is 2.86. The number of nitrogens with two attached hydrogens (primary N) is 1. The van der Waals surface area contributed by atoms with Gasteiger partial charge in [0.1, 0.15) is 0 Å². The third-order valence-electron chi connectivity index (χ3n) is 2.07. The molecule has 0 amide bonds. The lowest BCUT2D eigenvalue weighted by Crippen LogP contribution is -2.26. The molecule has 0 bridgehead atoms. The molecule has 0 aromatic heterocycles. The summed E-state index contributed by atoms with van der Waals surface area (Å²) in [4.78, 5) is 0. The van der Waals surface area contributed by atoms with Gasteiger partial charge in [0.25, 0.3) is 0 Å². The summed E-state index contributed by atoms with van der Waals surface area (Å²) in [5.74, 6) is -0.253. The minimum Gasteiger partial charge on any atom is -0.504 e. The van der Waals surface area contributed by atoms with Gasteiger partial charge < -0.3 is 21.1 Å². The van der Waals surface area contributed by atoms with Crippen molar-refractivity contribution in [3.05, 3.63) is 23.3 Å². The minimum atomic E-state index is -0.335. The lowest BCUT2D eigenvalue weighted by atomic mass is 10.0. The maximum atomic E-state index is 9.31. The van der Waals surface area contributed by atoms with E-state index in [2.05, 4.69) is 0 Å². The highest BCUT2D eigenvalue weighted by atomic mass is 16.3. The fraction of sp³-hybridized carbons (Fsp3) is 0.400. The van der Waals surface area contributed by atoms with Crippen LogP contribution in [0.1, 0.15) is 11.1 Å². The van der Waals surface area contributed by atoms with E-state index in [1.165, 1.54) is 6.07 Å². The topological polar surface area (TPSA) is 86.7 Å². The number of hydrogen-bond acceptors (Lipinski definition) is 4. The summed E-state index contributed by atoms with van der Waals surface area (Å²) in [6.45, 7) is 1.60. The Balaban J connectivity index is 2.89. The van der Waals surface area contributed by atoms with Crippen molar-refractivity contribution in [1.82, 2.24) is 0 Å². The largest absolute Gasteiger partial charge is 0.504 e. The van der Waals surface area contributed by atoms with E-state index in [0.29, 0.717) is 12.0 Å². The van der Waals surface area contributed by atoms with Crippen molar-refractivity contribution in [2.45, 2.75) is 19.4 Å². The maximum Gasteiger partial charge on any atom is 0.160 e. The van der Waals surface area contributed by atoms with Gasteiger partial charge in [0.2, 0.25) is 0 Å². The van der Waals surface area contributed by atoms with Crippen LogP contribution >= 0.6 is 0 Å². The second-order valence-electron chi connectivity index (χ2n) is 3.43. The Hall–Kier alpha value is -1.26. The van der Waals surface area contributed by atoms with Gasteiger partial charge in [0.05, 0.1) is 6.61 Å². The fourth-order valence-electron chi connectivity index (χ4n) is 1.32. The van der Waals surface area contributed by atoms with E-state index in [1.54, 1.807) is 13.0 Å². The third-order valence-corrected chi connectivity index (χ3v) is 2.07. The molecule has 4 heteroatoms. The molecule has 0 spiro atoms. The van der Waals surface area contributed by atoms with Gasteiger partial charge >= 0.3 is 0 Å². The molecular formula is C10H15NO3. The summed E-state index contributed by atoms with van der Waals surface area (Å²) >= 11 is 0. The van der Waals surface area contributed by atoms with Crippen LogP contribution < -0.4 is 5.73 Å². The summed E-state index contributed by atoms with van der Waals surface area (Å²) in [7, 11) is 0. The van der Waals surface area contributed by atoms with Crippen LogP contribution in [0, 0.1) is 6.92 Å². The van der Waals surface area contributed by atoms with Crippen LogP contribution in [0.25, 0.3) is 0 Å². The number of aryl methyl sites for hydroxylation is 1. The predicted molar refractivity (Wildman–Crippen MR) is 53.3 cm³/mol. The van der Waals surface area contributed by atoms with Crippen LogP contribution in [0.4, 0.5) is 0 Å². The average molecular weight is 197 g/mol. The number of hydrogen-bond donors (Lipinski definition) is 4. The van der Waals surface area contributed by atoms with Gasteiger partial charge in [-0.2, -0.15) is 0 Å². The number of phenolic OH excluding ortho intramolecular Hbond substituents is 2. The van der Waals surface area contributed by atoms with Crippen molar-refractivity contribution in [1.29, 1.82) is 0 Å². The van der Waals surface area contributed by atoms with Crippen molar-refractivity contribution >= 4 is 0 Å². The molecule has 14 heavy (non-hydrogen) atoms. The molecule has 0 heterocycles. The zero-order chi connectivity index (χ0) is 10.7. The van der Waals surface area contributed by atoms with Gasteiger partial charge in [-0.1, -0.05) is 6.07 Å². The molecule has 0 radical (unpaired) electrons. The highest BCUT2D eigenvalue weighted by Crippen LogP contribution is 2.29. The van der Waals surface area contributed by atoms with E-state index in [-0.39, 0.29) is 24.1 Å². The second-order valence-corrected chi connectivity index (χ2v) is 3.43. The zero-order valence-corrected chi connectivity index (χ0v) is 8.07. The van der Waals surface area contributed by atoms with Crippen LogP contribution in [-0.4, -0.2) is 28.0 Å². The molecule has 0 saturated carbocycles. The number of aromatic hydroxyl groups is 2. The van der Waals surface area contributed by atoms with Crippen LogP contribution in [-0.2, 0) is 6.42 Å². The highest BCUT2D eigenvalue weighted by Gasteiger charge is 2.08. The van der Waals surface area contributed by atoms with E-state index < -0.39 is 0 Å². The van der Waals surface area contributed by atoms with Crippen LogP contribution in [0.5, 0.6) is 11.5 Å². The Morgan fingerprint density at radius 3 is 2.50 bits per heavy atom. The molecule has 1 atom stereocenters. The van der Waals surface area contributed by atoms with Crippen molar-refractivity contribution in [3.8, 4) is 11.5 Å². The van der Waals surface area contributed by atoms with Gasteiger partial charge in [-0.25, -0.2) is 0 Å². The van der Waals surface area contributed by atoms with Crippen molar-refractivity contribution in [2.75, 3.05) is 6.61 Å². The molecule has 1 aromatic rings. The lowest BCUT2D eigenvalue weighted by Gasteiger charge is -2.10. The molecular weight excluding hydrogens is 182 g/mol. The quantitative estimate of drug-likeness (QED) is 0.524. The van der Waals surface area contributed by atoms with Crippen LogP contribution in [0.2, 0.25) is 0 Å². The summed E-state index contributed by atoms with van der Waals surface area (Å²) in [6.07, 6.45) is 0.477. The number of aliphatic hydroxyl groups is 1. The number of rotatable bonds is 3. The average Bonchev–Trinajstić information content (AvgIpc) is 2.14. The van der Waals surface area contributed by atoms with E-state index in [0.717, 1.165) is 5.56 Å². The number of aliphatic hydroxyl groups excluding tert-OH is 1. The first kappa shape index (κ1) is 10.8. The van der Waals surface area contributed by atoms with E-state index in [9.17, 15) is 10.2 Å². The molecule has 78 valence electrons. The Kier molecular flexibility index (Phi) is 3.33. The molecule has 0 aliphatic heterocycles. The van der Waals surface area contributed by atoms with E-state index >= 15 is 0 Å². The first-order valence-electron chi connectivity index (χ1n) is 4.42. The monoisotopic (exact) mass is 197 g/mol.